The standard InChI is InChI=1S/C21H28FN7.ClH/c1-3-16(4-2)29-12-15(11-27-29)17-10-18-19(25-9-8-24-18)20(28-17)26-14-21(22)6-5-7-23-13-21;/h8-12,16,23H,3-7,13-14H2,1-2H3,(H,26,28);1H. The Bertz CT molecular complexity index is 967. The fourth-order valence-corrected chi connectivity index (χ4v) is 3.90. The van der Waals surface area contributed by atoms with E-state index in [2.05, 4.69) is 39.5 Å². The summed E-state index contributed by atoms with van der Waals surface area (Å²) in [5.41, 5.74) is 1.76. The number of hydrogen-bond donors (Lipinski definition) is 2. The molecule has 9 heteroatoms. The van der Waals surface area contributed by atoms with Crippen LogP contribution in [0.4, 0.5) is 10.2 Å². The Morgan fingerprint density at radius 1 is 1.27 bits per heavy atom. The van der Waals surface area contributed by atoms with E-state index in [1.54, 1.807) is 12.4 Å². The summed E-state index contributed by atoms with van der Waals surface area (Å²) in [5, 5.41) is 10.9. The van der Waals surface area contributed by atoms with Gasteiger partial charge in [0.1, 0.15) is 11.2 Å². The molecule has 1 atom stereocenters. The lowest BCUT2D eigenvalue weighted by molar-refractivity contribution is 0.137. The number of hydrogen-bond acceptors (Lipinski definition) is 6. The number of alkyl halides is 1. The van der Waals surface area contributed by atoms with Crippen molar-refractivity contribution in [3.05, 3.63) is 30.9 Å². The second-order valence-corrected chi connectivity index (χ2v) is 7.74. The molecule has 1 aliphatic rings. The molecule has 1 unspecified atom stereocenters. The Kier molecular flexibility index (Phi) is 7.20. The molecule has 0 saturated carbocycles. The van der Waals surface area contributed by atoms with Crippen LogP contribution in [0.3, 0.4) is 0 Å². The van der Waals surface area contributed by atoms with E-state index in [1.165, 1.54) is 0 Å². The molecule has 7 nitrogen and oxygen atoms in total. The van der Waals surface area contributed by atoms with Crippen molar-refractivity contribution in [3.63, 3.8) is 0 Å². The maximum atomic E-state index is 15.0. The van der Waals surface area contributed by atoms with Gasteiger partial charge in [0.2, 0.25) is 0 Å². The summed E-state index contributed by atoms with van der Waals surface area (Å²) in [6, 6.07) is 2.28. The van der Waals surface area contributed by atoms with E-state index in [1.807, 2.05) is 23.1 Å². The zero-order valence-corrected chi connectivity index (χ0v) is 18.3. The van der Waals surface area contributed by atoms with Crippen LogP contribution in [-0.4, -0.2) is 50.0 Å². The van der Waals surface area contributed by atoms with Gasteiger partial charge in [-0.25, -0.2) is 14.4 Å². The molecule has 0 amide bonds. The van der Waals surface area contributed by atoms with Crippen molar-refractivity contribution in [1.82, 2.24) is 30.0 Å². The van der Waals surface area contributed by atoms with Gasteiger partial charge in [0.25, 0.3) is 0 Å². The molecule has 4 rings (SSSR count). The molecule has 0 spiro atoms. The van der Waals surface area contributed by atoms with Gasteiger partial charge in [-0.15, -0.1) is 12.4 Å². The van der Waals surface area contributed by atoms with Crippen molar-refractivity contribution >= 4 is 29.3 Å². The molecule has 0 bridgehead atoms. The maximum absolute atomic E-state index is 15.0. The zero-order chi connectivity index (χ0) is 20.3. The van der Waals surface area contributed by atoms with Gasteiger partial charge in [-0.3, -0.25) is 9.67 Å². The van der Waals surface area contributed by atoms with Gasteiger partial charge in [0, 0.05) is 30.7 Å². The molecule has 1 aliphatic heterocycles. The highest BCUT2D eigenvalue weighted by Gasteiger charge is 2.31. The Morgan fingerprint density at radius 2 is 2.07 bits per heavy atom. The van der Waals surface area contributed by atoms with Crippen molar-refractivity contribution in [1.29, 1.82) is 0 Å². The maximum Gasteiger partial charge on any atom is 0.155 e. The van der Waals surface area contributed by atoms with Gasteiger partial charge in [0.15, 0.2) is 5.82 Å². The minimum atomic E-state index is -1.29. The summed E-state index contributed by atoms with van der Waals surface area (Å²) in [6.45, 7) is 5.73. The molecule has 4 heterocycles. The van der Waals surface area contributed by atoms with Crippen LogP contribution >= 0.6 is 12.4 Å². The molecular formula is C21H29ClFN7. The summed E-state index contributed by atoms with van der Waals surface area (Å²) < 4.78 is 17.0. The normalized spacial score (nSPS) is 19.1. The predicted molar refractivity (Wildman–Crippen MR) is 120 cm³/mol. The average molecular weight is 434 g/mol. The van der Waals surface area contributed by atoms with Crippen molar-refractivity contribution in [2.24, 2.45) is 0 Å². The van der Waals surface area contributed by atoms with Crippen LogP contribution in [0.5, 0.6) is 0 Å². The number of piperidine rings is 1. The lowest BCUT2D eigenvalue weighted by atomic mass is 9.96. The van der Waals surface area contributed by atoms with E-state index in [0.717, 1.165) is 42.6 Å². The number of aromatic nitrogens is 5. The Morgan fingerprint density at radius 3 is 2.80 bits per heavy atom. The number of nitrogens with one attached hydrogen (secondary N) is 2. The first-order valence-electron chi connectivity index (χ1n) is 10.4. The summed E-state index contributed by atoms with van der Waals surface area (Å²) >= 11 is 0. The smallest absolute Gasteiger partial charge is 0.155 e. The summed E-state index contributed by atoms with van der Waals surface area (Å²) in [6.07, 6.45) is 10.6. The summed E-state index contributed by atoms with van der Waals surface area (Å²) in [7, 11) is 0. The van der Waals surface area contributed by atoms with E-state index < -0.39 is 5.67 Å². The third-order valence-corrected chi connectivity index (χ3v) is 5.66. The number of halogens is 2. The number of nitrogens with zero attached hydrogens (tertiary/aromatic N) is 5. The molecule has 2 N–H and O–H groups in total. The lowest BCUT2D eigenvalue weighted by Gasteiger charge is -2.30. The third-order valence-electron chi connectivity index (χ3n) is 5.66. The van der Waals surface area contributed by atoms with Crippen molar-refractivity contribution in [2.45, 2.75) is 51.2 Å². The van der Waals surface area contributed by atoms with Crippen LogP contribution in [0.15, 0.2) is 30.9 Å². The number of rotatable bonds is 7. The van der Waals surface area contributed by atoms with Crippen molar-refractivity contribution in [2.75, 3.05) is 25.0 Å². The molecule has 1 fully saturated rings. The number of pyridine rings is 1. The second kappa shape index (κ2) is 9.66. The van der Waals surface area contributed by atoms with Gasteiger partial charge in [-0.1, -0.05) is 13.8 Å². The Balaban J connectivity index is 0.00000256. The van der Waals surface area contributed by atoms with Crippen LogP contribution in [0.25, 0.3) is 22.3 Å². The predicted octanol–water partition coefficient (Wildman–Crippen LogP) is 4.17. The van der Waals surface area contributed by atoms with Gasteiger partial charge in [0.05, 0.1) is 30.0 Å². The molecule has 0 radical (unpaired) electrons. The monoisotopic (exact) mass is 433 g/mol. The van der Waals surface area contributed by atoms with Crippen molar-refractivity contribution < 1.29 is 4.39 Å². The topological polar surface area (TPSA) is 80.5 Å². The highest BCUT2D eigenvalue weighted by molar-refractivity contribution is 5.88. The molecule has 0 aromatic carbocycles. The molecule has 3 aromatic heterocycles. The van der Waals surface area contributed by atoms with Crippen molar-refractivity contribution in [3.8, 4) is 11.3 Å². The van der Waals surface area contributed by atoms with E-state index in [9.17, 15) is 0 Å². The first kappa shape index (κ1) is 22.4. The van der Waals surface area contributed by atoms with Gasteiger partial charge < -0.3 is 10.6 Å². The molecule has 3 aromatic rings. The number of fused-ring (bicyclic) bond motifs is 1. The van der Waals surface area contributed by atoms with Gasteiger partial charge in [-0.05, 0) is 38.3 Å². The fraction of sp³-hybridized carbons (Fsp3) is 0.524. The minimum absolute atomic E-state index is 0. The molecule has 0 aliphatic carbocycles. The van der Waals surface area contributed by atoms with Crippen LogP contribution in [0, 0.1) is 0 Å². The second-order valence-electron chi connectivity index (χ2n) is 7.74. The first-order chi connectivity index (χ1) is 14.1. The Labute approximate surface area is 182 Å². The number of anilines is 1. The van der Waals surface area contributed by atoms with Crippen LogP contribution in [0.2, 0.25) is 0 Å². The fourth-order valence-electron chi connectivity index (χ4n) is 3.90. The van der Waals surface area contributed by atoms with E-state index >= 15 is 4.39 Å². The quantitative estimate of drug-likeness (QED) is 0.582. The summed E-state index contributed by atoms with van der Waals surface area (Å²) in [4.78, 5) is 13.6. The van der Waals surface area contributed by atoms with Crippen LogP contribution in [0.1, 0.15) is 45.6 Å². The van der Waals surface area contributed by atoms with E-state index in [0.29, 0.717) is 30.3 Å². The molecule has 1 saturated heterocycles. The van der Waals surface area contributed by atoms with E-state index in [4.69, 9.17) is 4.98 Å². The zero-order valence-electron chi connectivity index (χ0n) is 17.4. The lowest BCUT2D eigenvalue weighted by Crippen LogP contribution is -2.46. The highest BCUT2D eigenvalue weighted by atomic mass is 35.5. The average Bonchev–Trinajstić information content (AvgIpc) is 3.23. The largest absolute Gasteiger partial charge is 0.365 e. The third kappa shape index (κ3) is 4.70. The molecule has 30 heavy (non-hydrogen) atoms. The highest BCUT2D eigenvalue weighted by Crippen LogP contribution is 2.28. The minimum Gasteiger partial charge on any atom is -0.365 e. The molecular weight excluding hydrogens is 405 g/mol. The van der Waals surface area contributed by atoms with Gasteiger partial charge >= 0.3 is 0 Å². The van der Waals surface area contributed by atoms with E-state index in [-0.39, 0.29) is 19.0 Å². The molecule has 162 valence electrons. The van der Waals surface area contributed by atoms with Gasteiger partial charge in [-0.2, -0.15) is 5.10 Å². The summed E-state index contributed by atoms with van der Waals surface area (Å²) in [5.74, 6) is 0.559. The van der Waals surface area contributed by atoms with Crippen LogP contribution < -0.4 is 10.6 Å². The first-order valence-corrected chi connectivity index (χ1v) is 10.4. The van der Waals surface area contributed by atoms with Crippen LogP contribution in [-0.2, 0) is 0 Å². The SMILES string of the molecule is CCC(CC)n1cc(-c2cc3nccnc3c(NCC3(F)CCCNC3)n2)cn1.Cl. The Hall–Kier alpha value is -2.32.